The Morgan fingerprint density at radius 3 is 2.81 bits per heavy atom. The fraction of sp³-hybridized carbons (Fsp3) is 0.444. The minimum Gasteiger partial charge on any atom is -0.378 e. The van der Waals surface area contributed by atoms with Crippen molar-refractivity contribution in [2.24, 2.45) is 0 Å². The molecule has 9 heteroatoms. The van der Waals surface area contributed by atoms with E-state index in [2.05, 4.69) is 26.5 Å². The first kappa shape index (κ1) is 19.2. The van der Waals surface area contributed by atoms with Crippen molar-refractivity contribution in [2.75, 3.05) is 36.5 Å². The topological polar surface area (TPSA) is 96.1 Å². The van der Waals surface area contributed by atoms with Crippen molar-refractivity contribution in [1.29, 1.82) is 5.26 Å². The van der Waals surface area contributed by atoms with Crippen LogP contribution in [0.2, 0.25) is 0 Å². The molecule has 2 aromatic rings. The lowest BCUT2D eigenvalue weighted by Crippen LogP contribution is -2.38. The summed E-state index contributed by atoms with van der Waals surface area (Å²) in [6.45, 7) is 7.48. The lowest BCUT2D eigenvalue weighted by molar-refractivity contribution is -0.115. The van der Waals surface area contributed by atoms with Gasteiger partial charge in [-0.2, -0.15) is 5.26 Å². The van der Waals surface area contributed by atoms with Crippen LogP contribution in [0.5, 0.6) is 0 Å². The second-order valence-corrected chi connectivity index (χ2v) is 7.34. The molecular formula is C18H22N6O2S. The highest BCUT2D eigenvalue weighted by atomic mass is 32.2. The Kier molecular flexibility index (Phi) is 6.32. The number of thioether (sulfide) groups is 1. The summed E-state index contributed by atoms with van der Waals surface area (Å²) in [6.07, 6.45) is 0. The molecule has 2 heterocycles. The van der Waals surface area contributed by atoms with Crippen molar-refractivity contribution in [3.8, 4) is 6.07 Å². The molecule has 1 aromatic heterocycles. The number of nitriles is 1. The quantitative estimate of drug-likeness (QED) is 0.760. The second kappa shape index (κ2) is 8.88. The monoisotopic (exact) mass is 386 g/mol. The molecule has 8 nitrogen and oxygen atoms in total. The van der Waals surface area contributed by atoms with Crippen LogP contribution in [0.4, 0.5) is 11.6 Å². The molecule has 0 aliphatic carbocycles. The molecule has 27 heavy (non-hydrogen) atoms. The van der Waals surface area contributed by atoms with Gasteiger partial charge in [-0.3, -0.25) is 9.36 Å². The van der Waals surface area contributed by atoms with Gasteiger partial charge in [0, 0.05) is 19.6 Å². The molecule has 1 amide bonds. The van der Waals surface area contributed by atoms with Crippen molar-refractivity contribution in [3.63, 3.8) is 0 Å². The van der Waals surface area contributed by atoms with Gasteiger partial charge in [0.15, 0.2) is 5.16 Å². The van der Waals surface area contributed by atoms with Crippen molar-refractivity contribution in [1.82, 2.24) is 14.8 Å². The Balaban J connectivity index is 1.70. The van der Waals surface area contributed by atoms with Gasteiger partial charge >= 0.3 is 0 Å². The largest absolute Gasteiger partial charge is 0.378 e. The van der Waals surface area contributed by atoms with Gasteiger partial charge in [0.25, 0.3) is 0 Å². The van der Waals surface area contributed by atoms with E-state index in [0.717, 1.165) is 19.0 Å². The van der Waals surface area contributed by atoms with Crippen LogP contribution in [0.15, 0.2) is 29.4 Å². The van der Waals surface area contributed by atoms with Crippen LogP contribution >= 0.6 is 11.8 Å². The smallest absolute Gasteiger partial charge is 0.237 e. The Morgan fingerprint density at radius 1 is 1.37 bits per heavy atom. The van der Waals surface area contributed by atoms with E-state index in [4.69, 9.17) is 10.00 Å². The standard InChI is InChI=1S/C18H22N6O2S/c1-3-24-17(23-8-10-26-11-9-23)21-22-18(24)27-13(2)16(25)20-15-7-5-4-6-14(15)12-19/h4-7,13H,3,8-11H2,1-2H3,(H,20,25)/t13-/m0/s1. The highest BCUT2D eigenvalue weighted by Crippen LogP contribution is 2.27. The van der Waals surface area contributed by atoms with Crippen LogP contribution in [0, 0.1) is 11.3 Å². The highest BCUT2D eigenvalue weighted by molar-refractivity contribution is 8.00. The number of ether oxygens (including phenoxy) is 1. The highest BCUT2D eigenvalue weighted by Gasteiger charge is 2.23. The van der Waals surface area contributed by atoms with Crippen LogP contribution in [0.1, 0.15) is 19.4 Å². The summed E-state index contributed by atoms with van der Waals surface area (Å²) >= 11 is 1.36. The number of benzene rings is 1. The summed E-state index contributed by atoms with van der Waals surface area (Å²) in [5.41, 5.74) is 0.956. The minimum atomic E-state index is -0.385. The van der Waals surface area contributed by atoms with E-state index in [0.29, 0.717) is 36.2 Å². The zero-order chi connectivity index (χ0) is 19.2. The van der Waals surface area contributed by atoms with Crippen LogP contribution in [0.25, 0.3) is 0 Å². The number of hydrogen-bond donors (Lipinski definition) is 1. The second-order valence-electron chi connectivity index (χ2n) is 6.03. The van der Waals surface area contributed by atoms with E-state index >= 15 is 0 Å². The fourth-order valence-electron chi connectivity index (χ4n) is 2.78. The average molecular weight is 386 g/mol. The van der Waals surface area contributed by atoms with Crippen molar-refractivity contribution in [2.45, 2.75) is 30.8 Å². The number of nitrogens with zero attached hydrogens (tertiary/aromatic N) is 5. The maximum absolute atomic E-state index is 12.6. The third-order valence-electron chi connectivity index (χ3n) is 4.26. The van der Waals surface area contributed by atoms with Crippen LogP contribution in [-0.2, 0) is 16.1 Å². The Bertz CT molecular complexity index is 841. The summed E-state index contributed by atoms with van der Waals surface area (Å²) in [4.78, 5) is 14.7. The number of anilines is 2. The SMILES string of the molecule is CCn1c(S[C@@H](C)C(=O)Nc2ccccc2C#N)nnc1N1CCOCC1. The molecule has 1 aromatic carbocycles. The molecule has 0 unspecified atom stereocenters. The maximum Gasteiger partial charge on any atom is 0.237 e. The van der Waals surface area contributed by atoms with E-state index in [-0.39, 0.29) is 11.2 Å². The number of aromatic nitrogens is 3. The summed E-state index contributed by atoms with van der Waals surface area (Å²) in [6, 6.07) is 9.04. The number of para-hydroxylation sites is 1. The number of amides is 1. The lowest BCUT2D eigenvalue weighted by atomic mass is 10.2. The molecule has 1 fully saturated rings. The zero-order valence-electron chi connectivity index (χ0n) is 15.4. The van der Waals surface area contributed by atoms with Gasteiger partial charge in [-0.1, -0.05) is 23.9 Å². The molecule has 142 valence electrons. The third-order valence-corrected chi connectivity index (χ3v) is 5.34. The van der Waals surface area contributed by atoms with Crippen LogP contribution < -0.4 is 10.2 Å². The normalized spacial score (nSPS) is 15.2. The molecule has 3 rings (SSSR count). The lowest BCUT2D eigenvalue weighted by Gasteiger charge is -2.27. The van der Waals surface area contributed by atoms with Crippen molar-refractivity contribution < 1.29 is 9.53 Å². The Hall–Kier alpha value is -2.57. The van der Waals surface area contributed by atoms with Gasteiger partial charge in [0.1, 0.15) is 6.07 Å². The summed E-state index contributed by atoms with van der Waals surface area (Å²) in [5.74, 6) is 0.631. The van der Waals surface area contributed by atoms with Crippen LogP contribution in [-0.4, -0.2) is 52.2 Å². The summed E-state index contributed by atoms with van der Waals surface area (Å²) in [7, 11) is 0. The summed E-state index contributed by atoms with van der Waals surface area (Å²) < 4.78 is 7.41. The van der Waals surface area contributed by atoms with Gasteiger partial charge in [0.05, 0.1) is 29.7 Å². The van der Waals surface area contributed by atoms with E-state index in [9.17, 15) is 4.79 Å². The van der Waals surface area contributed by atoms with Gasteiger partial charge < -0.3 is 15.0 Å². The van der Waals surface area contributed by atoms with Gasteiger partial charge in [0.2, 0.25) is 11.9 Å². The molecule has 1 aliphatic heterocycles. The van der Waals surface area contributed by atoms with E-state index in [1.165, 1.54) is 11.8 Å². The molecular weight excluding hydrogens is 364 g/mol. The molecule has 0 radical (unpaired) electrons. The molecule has 0 spiro atoms. The maximum atomic E-state index is 12.6. The summed E-state index contributed by atoms with van der Waals surface area (Å²) in [5, 5.41) is 20.9. The van der Waals surface area contributed by atoms with Gasteiger partial charge in [-0.15, -0.1) is 10.2 Å². The van der Waals surface area contributed by atoms with Gasteiger partial charge in [-0.05, 0) is 26.0 Å². The predicted octanol–water partition coefficient (Wildman–Crippen LogP) is 2.13. The number of rotatable bonds is 6. The first-order valence-corrected chi connectivity index (χ1v) is 9.74. The van der Waals surface area contributed by atoms with E-state index in [1.54, 1.807) is 24.3 Å². The Morgan fingerprint density at radius 2 is 2.11 bits per heavy atom. The molecule has 1 atom stereocenters. The fourth-order valence-corrected chi connectivity index (χ4v) is 3.69. The van der Waals surface area contributed by atoms with Gasteiger partial charge in [-0.25, -0.2) is 0 Å². The minimum absolute atomic E-state index is 0.179. The third kappa shape index (κ3) is 4.40. The van der Waals surface area contributed by atoms with Crippen molar-refractivity contribution >= 4 is 29.3 Å². The van der Waals surface area contributed by atoms with E-state index in [1.807, 2.05) is 18.4 Å². The average Bonchev–Trinajstić information content (AvgIpc) is 3.11. The number of carbonyl (C=O) groups excluding carboxylic acids is 1. The molecule has 0 saturated carbocycles. The Labute approximate surface area is 162 Å². The van der Waals surface area contributed by atoms with Crippen LogP contribution in [0.3, 0.4) is 0 Å². The number of morpholine rings is 1. The number of carbonyl (C=O) groups is 1. The van der Waals surface area contributed by atoms with E-state index < -0.39 is 0 Å². The zero-order valence-corrected chi connectivity index (χ0v) is 16.2. The number of hydrogen-bond acceptors (Lipinski definition) is 7. The first-order valence-electron chi connectivity index (χ1n) is 8.86. The molecule has 0 bridgehead atoms. The predicted molar refractivity (Wildman–Crippen MR) is 104 cm³/mol. The molecule has 1 aliphatic rings. The molecule has 1 N–H and O–H groups in total. The molecule has 1 saturated heterocycles. The van der Waals surface area contributed by atoms with Crippen molar-refractivity contribution in [3.05, 3.63) is 29.8 Å². The number of nitrogens with one attached hydrogen (secondary N) is 1. The first-order chi connectivity index (χ1) is 13.1.